The van der Waals surface area contributed by atoms with Crippen molar-refractivity contribution in [1.82, 2.24) is 5.32 Å². The van der Waals surface area contributed by atoms with E-state index < -0.39 is 0 Å². The number of nitrogens with one attached hydrogen (secondary N) is 1. The molecule has 0 atom stereocenters. The van der Waals surface area contributed by atoms with Crippen LogP contribution in [-0.2, 0) is 4.74 Å². The van der Waals surface area contributed by atoms with Crippen molar-refractivity contribution in [2.24, 2.45) is 10.9 Å². The number of hydrogen-bond donors (Lipinski definition) is 3. The lowest BCUT2D eigenvalue weighted by Gasteiger charge is -2.03. The average molecular weight is 189 g/mol. The van der Waals surface area contributed by atoms with Gasteiger partial charge in [0, 0.05) is 13.2 Å². The molecule has 0 aromatic rings. The van der Waals surface area contributed by atoms with Crippen LogP contribution in [0.3, 0.4) is 0 Å². The standard InChI is InChI=1S/C8H19N3O2/c1-2-5-13-6-3-4-10-7-8(9)11-12/h10,12H,2-7H2,1H3,(H2,9,11). The van der Waals surface area contributed by atoms with Gasteiger partial charge in [-0.25, -0.2) is 0 Å². The first-order valence-corrected chi connectivity index (χ1v) is 4.56. The molecule has 0 rings (SSSR count). The van der Waals surface area contributed by atoms with E-state index in [1.807, 2.05) is 0 Å². The van der Waals surface area contributed by atoms with Crippen LogP contribution in [0.25, 0.3) is 0 Å². The maximum Gasteiger partial charge on any atom is 0.153 e. The van der Waals surface area contributed by atoms with Crippen LogP contribution in [0.2, 0.25) is 0 Å². The van der Waals surface area contributed by atoms with Crippen LogP contribution in [0.4, 0.5) is 0 Å². The van der Waals surface area contributed by atoms with Crippen molar-refractivity contribution in [2.45, 2.75) is 19.8 Å². The number of rotatable bonds is 8. The van der Waals surface area contributed by atoms with Gasteiger partial charge in [-0.2, -0.15) is 0 Å². The van der Waals surface area contributed by atoms with Gasteiger partial charge in [-0.3, -0.25) is 0 Å². The van der Waals surface area contributed by atoms with Crippen LogP contribution in [0.1, 0.15) is 19.8 Å². The zero-order valence-corrected chi connectivity index (χ0v) is 8.12. The van der Waals surface area contributed by atoms with E-state index in [0.29, 0.717) is 6.54 Å². The number of oxime groups is 1. The molecule has 0 saturated carbocycles. The molecule has 5 heteroatoms. The van der Waals surface area contributed by atoms with Gasteiger partial charge in [-0.1, -0.05) is 12.1 Å². The van der Waals surface area contributed by atoms with Crippen molar-refractivity contribution in [3.05, 3.63) is 0 Å². The summed E-state index contributed by atoms with van der Waals surface area (Å²) in [4.78, 5) is 0. The second-order valence-corrected chi connectivity index (χ2v) is 2.73. The molecule has 0 fully saturated rings. The van der Waals surface area contributed by atoms with Crippen LogP contribution in [0, 0.1) is 0 Å². The van der Waals surface area contributed by atoms with Crippen LogP contribution < -0.4 is 11.1 Å². The smallest absolute Gasteiger partial charge is 0.153 e. The highest BCUT2D eigenvalue weighted by Gasteiger charge is 1.91. The zero-order chi connectivity index (χ0) is 9.94. The Morgan fingerprint density at radius 2 is 2.31 bits per heavy atom. The fourth-order valence-corrected chi connectivity index (χ4v) is 0.797. The van der Waals surface area contributed by atoms with Gasteiger partial charge in [-0.15, -0.1) is 0 Å². The second kappa shape index (κ2) is 9.28. The summed E-state index contributed by atoms with van der Waals surface area (Å²) in [5.74, 6) is 0.203. The van der Waals surface area contributed by atoms with E-state index in [-0.39, 0.29) is 5.84 Å². The number of nitrogens with two attached hydrogens (primary N) is 1. The van der Waals surface area contributed by atoms with Gasteiger partial charge in [0.15, 0.2) is 5.84 Å². The fraction of sp³-hybridized carbons (Fsp3) is 0.875. The van der Waals surface area contributed by atoms with Gasteiger partial charge in [0.1, 0.15) is 0 Å². The molecule has 0 unspecified atom stereocenters. The number of amidine groups is 1. The lowest BCUT2D eigenvalue weighted by Crippen LogP contribution is -2.30. The summed E-state index contributed by atoms with van der Waals surface area (Å²) in [5, 5.41) is 14.1. The molecule has 5 nitrogen and oxygen atoms in total. The first-order chi connectivity index (χ1) is 6.31. The van der Waals surface area contributed by atoms with E-state index in [1.54, 1.807) is 0 Å². The third kappa shape index (κ3) is 9.10. The van der Waals surface area contributed by atoms with E-state index >= 15 is 0 Å². The predicted octanol–water partition coefficient (Wildman–Crippen LogP) is 0.139. The molecule has 13 heavy (non-hydrogen) atoms. The fourth-order valence-electron chi connectivity index (χ4n) is 0.797. The summed E-state index contributed by atoms with van der Waals surface area (Å²) >= 11 is 0. The van der Waals surface area contributed by atoms with Gasteiger partial charge in [0.2, 0.25) is 0 Å². The normalized spacial score (nSPS) is 11.9. The number of ether oxygens (including phenoxy) is 1. The van der Waals surface area contributed by atoms with E-state index in [0.717, 1.165) is 32.6 Å². The first kappa shape index (κ1) is 12.2. The van der Waals surface area contributed by atoms with Crippen LogP contribution in [0.15, 0.2) is 5.16 Å². The summed E-state index contributed by atoms with van der Waals surface area (Å²) in [6.45, 7) is 4.90. The highest BCUT2D eigenvalue weighted by Crippen LogP contribution is 1.83. The minimum absolute atomic E-state index is 0.203. The summed E-state index contributed by atoms with van der Waals surface area (Å²) in [7, 11) is 0. The molecule has 78 valence electrons. The van der Waals surface area contributed by atoms with E-state index in [2.05, 4.69) is 17.4 Å². The van der Waals surface area contributed by atoms with Gasteiger partial charge in [0.05, 0.1) is 6.54 Å². The molecule has 0 saturated heterocycles. The topological polar surface area (TPSA) is 79.9 Å². The molecule has 0 heterocycles. The monoisotopic (exact) mass is 189 g/mol. The van der Waals surface area contributed by atoms with Gasteiger partial charge in [0.25, 0.3) is 0 Å². The maximum atomic E-state index is 8.21. The molecule has 0 amide bonds. The van der Waals surface area contributed by atoms with Crippen molar-refractivity contribution in [3.8, 4) is 0 Å². The molecular formula is C8H19N3O2. The average Bonchev–Trinajstić information content (AvgIpc) is 2.16. The molecule has 0 aliphatic carbocycles. The summed E-state index contributed by atoms with van der Waals surface area (Å²) < 4.78 is 5.27. The molecule has 0 aliphatic heterocycles. The molecule has 0 spiro atoms. The van der Waals surface area contributed by atoms with Gasteiger partial charge in [-0.05, 0) is 19.4 Å². The quantitative estimate of drug-likeness (QED) is 0.167. The highest BCUT2D eigenvalue weighted by atomic mass is 16.5. The van der Waals surface area contributed by atoms with Crippen LogP contribution in [0.5, 0.6) is 0 Å². The molecule has 0 radical (unpaired) electrons. The molecular weight excluding hydrogens is 170 g/mol. The lowest BCUT2D eigenvalue weighted by molar-refractivity contribution is 0.132. The maximum absolute atomic E-state index is 8.21. The Balaban J connectivity index is 3.00. The Labute approximate surface area is 78.9 Å². The highest BCUT2D eigenvalue weighted by molar-refractivity contribution is 5.81. The first-order valence-electron chi connectivity index (χ1n) is 4.56. The number of nitrogens with zero attached hydrogens (tertiary/aromatic N) is 1. The SMILES string of the molecule is CCCOCCCNCC(N)=NO. The molecule has 0 bridgehead atoms. The third-order valence-electron chi connectivity index (χ3n) is 1.43. The van der Waals surface area contributed by atoms with E-state index in [9.17, 15) is 0 Å². The van der Waals surface area contributed by atoms with Gasteiger partial charge < -0.3 is 21.0 Å². The van der Waals surface area contributed by atoms with Crippen LogP contribution in [-0.4, -0.2) is 37.3 Å². The van der Waals surface area contributed by atoms with E-state index in [1.165, 1.54) is 0 Å². The number of hydrogen-bond acceptors (Lipinski definition) is 4. The lowest BCUT2D eigenvalue weighted by atomic mass is 10.4. The Bertz CT molecular complexity index is 139. The Hall–Kier alpha value is -0.810. The second-order valence-electron chi connectivity index (χ2n) is 2.73. The minimum atomic E-state index is 0.203. The summed E-state index contributed by atoms with van der Waals surface area (Å²) in [5.41, 5.74) is 5.24. The summed E-state index contributed by atoms with van der Waals surface area (Å²) in [6.07, 6.45) is 2.00. The molecule has 0 aromatic carbocycles. The molecule has 0 aromatic heterocycles. The minimum Gasteiger partial charge on any atom is -0.409 e. The van der Waals surface area contributed by atoms with Crippen molar-refractivity contribution in [2.75, 3.05) is 26.3 Å². The van der Waals surface area contributed by atoms with E-state index in [4.69, 9.17) is 15.7 Å². The third-order valence-corrected chi connectivity index (χ3v) is 1.43. The van der Waals surface area contributed by atoms with Crippen molar-refractivity contribution in [1.29, 1.82) is 0 Å². The van der Waals surface area contributed by atoms with Crippen LogP contribution >= 0.6 is 0 Å². The van der Waals surface area contributed by atoms with Crippen molar-refractivity contribution < 1.29 is 9.94 Å². The van der Waals surface area contributed by atoms with Crippen molar-refractivity contribution >= 4 is 5.84 Å². The Morgan fingerprint density at radius 1 is 1.54 bits per heavy atom. The molecule has 0 aliphatic rings. The van der Waals surface area contributed by atoms with Crippen molar-refractivity contribution in [3.63, 3.8) is 0 Å². The Kier molecular flexibility index (Phi) is 8.70. The van der Waals surface area contributed by atoms with Gasteiger partial charge >= 0.3 is 0 Å². The summed E-state index contributed by atoms with van der Waals surface area (Å²) in [6, 6.07) is 0. The Morgan fingerprint density at radius 3 is 2.92 bits per heavy atom. The zero-order valence-electron chi connectivity index (χ0n) is 8.12. The molecule has 4 N–H and O–H groups in total. The predicted molar refractivity (Wildman–Crippen MR) is 52.0 cm³/mol. The largest absolute Gasteiger partial charge is 0.409 e.